The first-order chi connectivity index (χ1) is 65.3. The predicted molar refractivity (Wildman–Crippen MR) is 533 cm³/mol. The van der Waals surface area contributed by atoms with Crippen LogP contribution < -0.4 is 0 Å². The van der Waals surface area contributed by atoms with Crippen molar-refractivity contribution >= 4 is 32.3 Å². The van der Waals surface area contributed by atoms with Gasteiger partial charge >= 0.3 is 0 Å². The molecule has 0 aliphatic rings. The van der Waals surface area contributed by atoms with Crippen molar-refractivity contribution in [1.29, 1.82) is 15.8 Å². The maximum Gasteiger partial charge on any atom is 0.164 e. The van der Waals surface area contributed by atoms with E-state index >= 15 is 0 Å². The van der Waals surface area contributed by atoms with Crippen LogP contribution in [0.5, 0.6) is 0 Å². The van der Waals surface area contributed by atoms with Crippen LogP contribution in [0.15, 0.2) is 461 Å². The first-order valence-corrected chi connectivity index (χ1v) is 43.4. The molecule has 0 amide bonds. The maximum absolute atomic E-state index is 9.22. The highest BCUT2D eigenvalue weighted by Crippen LogP contribution is 2.42. The lowest BCUT2D eigenvalue weighted by molar-refractivity contribution is 1.07. The Kier molecular flexibility index (Phi) is 23.4. The van der Waals surface area contributed by atoms with Crippen LogP contribution in [0, 0.1) is 34.0 Å². The van der Waals surface area contributed by atoms with Gasteiger partial charge in [0.05, 0.1) is 34.9 Å². The van der Waals surface area contributed by atoms with Crippen LogP contribution >= 0.6 is 0 Å². The monoisotopic (exact) mass is 1680 g/mol. The topological polar surface area (TPSA) is 187 Å². The van der Waals surface area contributed by atoms with E-state index in [9.17, 15) is 10.5 Å². The Balaban J connectivity index is 0.000000124. The molecule has 132 heavy (non-hydrogen) atoms. The Morgan fingerprint density at radius 2 is 0.273 bits per heavy atom. The molecule has 0 aliphatic carbocycles. The van der Waals surface area contributed by atoms with Gasteiger partial charge in [0.1, 0.15) is 0 Å². The smallest absolute Gasteiger partial charge is 0.164 e. The van der Waals surface area contributed by atoms with Crippen LogP contribution in [0.1, 0.15) is 16.7 Å². The van der Waals surface area contributed by atoms with E-state index in [2.05, 4.69) is 224 Å². The van der Waals surface area contributed by atoms with Gasteiger partial charge in [0.2, 0.25) is 0 Å². The Labute approximate surface area is 764 Å². The molecular formula is C120H76N12. The summed E-state index contributed by atoms with van der Waals surface area (Å²) in [6.45, 7) is 0. The molecule has 12 heteroatoms. The van der Waals surface area contributed by atoms with Crippen LogP contribution in [-0.4, -0.2) is 44.9 Å². The molecule has 0 fully saturated rings. The molecule has 22 aromatic rings. The zero-order valence-corrected chi connectivity index (χ0v) is 71.2. The minimum atomic E-state index is 0.628. The summed E-state index contributed by atoms with van der Waals surface area (Å²) in [5.41, 5.74) is 26.2. The minimum absolute atomic E-state index is 0.628. The van der Waals surface area contributed by atoms with E-state index in [0.717, 1.165) is 128 Å². The van der Waals surface area contributed by atoms with Gasteiger partial charge in [0.25, 0.3) is 0 Å². The molecule has 0 atom stereocenters. The van der Waals surface area contributed by atoms with Gasteiger partial charge in [0.15, 0.2) is 52.4 Å². The van der Waals surface area contributed by atoms with Crippen molar-refractivity contribution in [2.75, 3.05) is 0 Å². The molecule has 0 spiro atoms. The Morgan fingerprint density at radius 3 is 0.492 bits per heavy atom. The number of nitriles is 3. The van der Waals surface area contributed by atoms with Crippen molar-refractivity contribution in [3.05, 3.63) is 478 Å². The summed E-state index contributed by atoms with van der Waals surface area (Å²) in [6.07, 6.45) is 0. The van der Waals surface area contributed by atoms with Gasteiger partial charge in [-0.25, -0.2) is 44.9 Å². The molecule has 0 radical (unpaired) electrons. The van der Waals surface area contributed by atoms with E-state index in [1.165, 1.54) is 32.7 Å². The summed E-state index contributed by atoms with van der Waals surface area (Å²) in [7, 11) is 0. The van der Waals surface area contributed by atoms with Crippen LogP contribution in [0.2, 0.25) is 0 Å². The van der Waals surface area contributed by atoms with Crippen molar-refractivity contribution in [2.24, 2.45) is 0 Å². The van der Waals surface area contributed by atoms with Gasteiger partial charge in [-0.3, -0.25) is 0 Å². The summed E-state index contributed by atoms with van der Waals surface area (Å²) >= 11 is 0. The zero-order valence-electron chi connectivity index (χ0n) is 71.2. The molecule has 0 aliphatic heterocycles. The first kappa shape index (κ1) is 81.8. The molecule has 22 rings (SSSR count). The molecule has 0 unspecified atom stereocenters. The number of nitrogens with zero attached hydrogens (tertiary/aromatic N) is 12. The first-order valence-electron chi connectivity index (χ1n) is 43.4. The van der Waals surface area contributed by atoms with Gasteiger partial charge in [-0.1, -0.05) is 419 Å². The van der Waals surface area contributed by atoms with Crippen LogP contribution in [0.4, 0.5) is 0 Å². The molecule has 0 bridgehead atoms. The molecule has 0 N–H and O–H groups in total. The third-order valence-electron chi connectivity index (χ3n) is 23.4. The molecule has 616 valence electrons. The van der Waals surface area contributed by atoms with E-state index < -0.39 is 0 Å². The molecular weight excluding hydrogens is 1610 g/mol. The number of benzene rings is 19. The average Bonchev–Trinajstić information content (AvgIpc) is 0.780. The largest absolute Gasteiger partial charge is 0.208 e. The van der Waals surface area contributed by atoms with Crippen molar-refractivity contribution in [2.45, 2.75) is 0 Å². The molecule has 19 aromatic carbocycles. The van der Waals surface area contributed by atoms with E-state index in [1.54, 1.807) is 0 Å². The van der Waals surface area contributed by atoms with Gasteiger partial charge < -0.3 is 0 Å². The standard InChI is InChI=1S/C44H28N4.2C38H24N4/c45-29-30-17-19-31(20-18-30)32-21-23-33(24-22-32)38-13-7-16-41-39(14-8-15-40(38)41)34-25-27-37(28-26-34)44-47-42(35-9-3-1-4-10-35)46-43(48-44)36-11-5-2-6-12-36;39-25-26-20-22-27(23-21-26)32-16-8-19-35-33(17-9-18-34(32)35)30-14-7-15-31(24-30)38-41-36(28-10-3-1-4-11-28)40-37(42-38)29-12-5-2-6-13-29;39-25-26-17-19-27(20-18-26)32-13-7-16-35-33(14-8-15-34(32)35)28-21-23-31(24-22-28)38-41-36(29-9-3-1-4-10-29)40-37(42-38)30-11-5-2-6-12-30/h1-28H;2*1-24H. The Bertz CT molecular complexity index is 7900. The maximum atomic E-state index is 9.22. The predicted octanol–water partition coefficient (Wildman–Crippen LogP) is 29.4. The lowest BCUT2D eigenvalue weighted by atomic mass is 9.92. The lowest BCUT2D eigenvalue weighted by Crippen LogP contribution is -2.00. The second-order valence-electron chi connectivity index (χ2n) is 31.6. The van der Waals surface area contributed by atoms with E-state index in [0.29, 0.717) is 69.1 Å². The van der Waals surface area contributed by atoms with Crippen molar-refractivity contribution in [1.82, 2.24) is 44.9 Å². The summed E-state index contributed by atoms with van der Waals surface area (Å²) in [4.78, 5) is 43.8. The highest BCUT2D eigenvalue weighted by molar-refractivity contribution is 6.07. The molecule has 3 aromatic heterocycles. The molecule has 0 saturated heterocycles. The number of aromatic nitrogens is 9. The Morgan fingerprint density at radius 1 is 0.121 bits per heavy atom. The van der Waals surface area contributed by atoms with Crippen molar-refractivity contribution in [3.63, 3.8) is 0 Å². The van der Waals surface area contributed by atoms with Gasteiger partial charge in [-0.15, -0.1) is 0 Å². The number of hydrogen-bond acceptors (Lipinski definition) is 12. The van der Waals surface area contributed by atoms with Gasteiger partial charge in [-0.05, 0) is 153 Å². The average molecular weight is 1690 g/mol. The quantitative estimate of drug-likeness (QED) is 0.0892. The highest BCUT2D eigenvalue weighted by Gasteiger charge is 2.20. The summed E-state index contributed by atoms with van der Waals surface area (Å²) in [6, 6.07) is 162. The number of hydrogen-bond donors (Lipinski definition) is 0. The normalized spacial score (nSPS) is 10.9. The second kappa shape index (κ2) is 37.7. The van der Waals surface area contributed by atoms with Crippen LogP contribution in [0.3, 0.4) is 0 Å². The lowest BCUT2D eigenvalue weighted by Gasteiger charge is -2.13. The van der Waals surface area contributed by atoms with Crippen molar-refractivity contribution in [3.8, 4) is 199 Å². The summed E-state index contributed by atoms with van der Waals surface area (Å²) < 4.78 is 0. The van der Waals surface area contributed by atoms with Gasteiger partial charge in [-0.2, -0.15) is 15.8 Å². The summed E-state index contributed by atoms with van der Waals surface area (Å²) in [5, 5.41) is 34.6. The van der Waals surface area contributed by atoms with Gasteiger partial charge in [0, 0.05) is 50.1 Å². The fraction of sp³-hybridized carbons (Fsp3) is 0. The molecule has 12 nitrogen and oxygen atoms in total. The fourth-order valence-electron chi connectivity index (χ4n) is 16.7. The van der Waals surface area contributed by atoms with Crippen LogP contribution in [-0.2, 0) is 0 Å². The second-order valence-corrected chi connectivity index (χ2v) is 31.6. The highest BCUT2D eigenvalue weighted by atomic mass is 15.1. The van der Waals surface area contributed by atoms with E-state index in [1.807, 2.05) is 255 Å². The molecule has 3 heterocycles. The Hall–Kier alpha value is -18.5. The summed E-state index contributed by atoms with van der Waals surface area (Å²) in [5.74, 6) is 5.77. The minimum Gasteiger partial charge on any atom is -0.208 e. The third-order valence-corrected chi connectivity index (χ3v) is 23.4. The molecule has 0 saturated carbocycles. The van der Waals surface area contributed by atoms with Crippen LogP contribution in [0.25, 0.3) is 213 Å². The SMILES string of the molecule is N#Cc1ccc(-c2ccc(-c3cccc4c(-c5ccc(-c6nc(-c7ccccc7)nc(-c7ccccc7)n6)cc5)cccc34)cc2)cc1.N#Cc1ccc(-c2cccc3c(-c4ccc(-c5nc(-c6ccccc6)nc(-c6ccccc6)n5)cc4)cccc23)cc1.N#Cc1ccc(-c2cccc3c(-c4cccc(-c5nc(-c6ccccc6)nc(-c6ccccc6)n5)c4)cccc23)cc1. The third kappa shape index (κ3) is 17.7. The fourth-order valence-corrected chi connectivity index (χ4v) is 16.7. The van der Waals surface area contributed by atoms with E-state index in [-0.39, 0.29) is 0 Å². The zero-order chi connectivity index (χ0) is 88.9. The van der Waals surface area contributed by atoms with E-state index in [4.69, 9.17) is 50.1 Å². The number of fused-ring (bicyclic) bond motifs is 3. The number of rotatable bonds is 16. The van der Waals surface area contributed by atoms with Crippen molar-refractivity contribution < 1.29 is 0 Å².